The number of benzene rings is 1. The first kappa shape index (κ1) is 12.0. The highest BCUT2D eigenvalue weighted by Crippen LogP contribution is 2.27. The molecule has 0 radical (unpaired) electrons. The van der Waals surface area contributed by atoms with Crippen LogP contribution in [0.15, 0.2) is 36.5 Å². The minimum Gasteiger partial charge on any atom is -0.484 e. The molecule has 0 N–H and O–H groups in total. The van der Waals surface area contributed by atoms with Crippen molar-refractivity contribution in [3.05, 3.63) is 47.2 Å². The van der Waals surface area contributed by atoms with E-state index in [0.29, 0.717) is 17.5 Å². The highest BCUT2D eigenvalue weighted by Gasteiger charge is 2.11. The van der Waals surface area contributed by atoms with Crippen LogP contribution in [-0.2, 0) is 6.61 Å². The average molecular weight is 251 g/mol. The summed E-state index contributed by atoms with van der Waals surface area (Å²) in [6.45, 7) is 4.56. The largest absolute Gasteiger partial charge is 0.484 e. The maximum Gasteiger partial charge on any atom is 0.176 e. The van der Waals surface area contributed by atoms with Gasteiger partial charge in [-0.25, -0.2) is 4.68 Å². The molecule has 0 aliphatic rings. The fraction of sp³-hybridized carbons (Fsp3) is 0.308. The first-order valence-electron chi connectivity index (χ1n) is 5.58. The van der Waals surface area contributed by atoms with Gasteiger partial charge in [0, 0.05) is 6.04 Å². The number of nitrogens with zero attached hydrogens (tertiary/aromatic N) is 2. The van der Waals surface area contributed by atoms with E-state index in [0.717, 1.165) is 5.56 Å². The topological polar surface area (TPSA) is 27.1 Å². The van der Waals surface area contributed by atoms with Crippen LogP contribution in [0.1, 0.15) is 25.5 Å². The molecule has 0 unspecified atom stereocenters. The molecule has 0 saturated carbocycles. The van der Waals surface area contributed by atoms with Crippen molar-refractivity contribution >= 4 is 11.6 Å². The van der Waals surface area contributed by atoms with Gasteiger partial charge in [0.1, 0.15) is 6.61 Å². The summed E-state index contributed by atoms with van der Waals surface area (Å²) in [5.41, 5.74) is 1.11. The van der Waals surface area contributed by atoms with Crippen molar-refractivity contribution in [2.45, 2.75) is 26.5 Å². The van der Waals surface area contributed by atoms with Gasteiger partial charge in [0.2, 0.25) is 0 Å². The summed E-state index contributed by atoms with van der Waals surface area (Å²) in [5.74, 6) is 0.629. The van der Waals surface area contributed by atoms with E-state index < -0.39 is 0 Å². The number of hydrogen-bond acceptors (Lipinski definition) is 2. The Balaban J connectivity index is 2.05. The van der Waals surface area contributed by atoms with Gasteiger partial charge in [-0.05, 0) is 19.4 Å². The van der Waals surface area contributed by atoms with E-state index in [1.807, 2.05) is 44.2 Å². The highest BCUT2D eigenvalue weighted by atomic mass is 35.5. The smallest absolute Gasteiger partial charge is 0.176 e. The Morgan fingerprint density at radius 1 is 1.29 bits per heavy atom. The second kappa shape index (κ2) is 5.23. The van der Waals surface area contributed by atoms with Crippen LogP contribution in [0.4, 0.5) is 0 Å². The van der Waals surface area contributed by atoms with E-state index in [1.54, 1.807) is 10.9 Å². The second-order valence-electron chi connectivity index (χ2n) is 4.11. The van der Waals surface area contributed by atoms with Gasteiger partial charge in [-0.3, -0.25) is 0 Å². The third-order valence-electron chi connectivity index (χ3n) is 2.43. The van der Waals surface area contributed by atoms with Gasteiger partial charge in [-0.2, -0.15) is 5.10 Å². The van der Waals surface area contributed by atoms with Crippen molar-refractivity contribution in [3.8, 4) is 5.75 Å². The molecule has 0 aliphatic heterocycles. The zero-order valence-electron chi connectivity index (χ0n) is 9.93. The highest BCUT2D eigenvalue weighted by molar-refractivity contribution is 6.31. The Morgan fingerprint density at radius 2 is 2.00 bits per heavy atom. The SMILES string of the molecule is CC(C)n1ncc(OCc2ccccc2)c1Cl. The Morgan fingerprint density at radius 3 is 2.59 bits per heavy atom. The molecule has 0 fully saturated rings. The number of rotatable bonds is 4. The summed E-state index contributed by atoms with van der Waals surface area (Å²) in [5, 5.41) is 4.74. The molecule has 1 heterocycles. The summed E-state index contributed by atoms with van der Waals surface area (Å²) < 4.78 is 7.38. The van der Waals surface area contributed by atoms with E-state index >= 15 is 0 Å². The maximum absolute atomic E-state index is 6.16. The van der Waals surface area contributed by atoms with Crippen LogP contribution in [0, 0.1) is 0 Å². The van der Waals surface area contributed by atoms with Crippen LogP contribution >= 0.6 is 11.6 Å². The molecule has 2 rings (SSSR count). The van der Waals surface area contributed by atoms with Crippen molar-refractivity contribution in [1.82, 2.24) is 9.78 Å². The molecule has 0 saturated heterocycles. The summed E-state index contributed by atoms with van der Waals surface area (Å²) in [6, 6.07) is 10.2. The van der Waals surface area contributed by atoms with E-state index in [1.165, 1.54) is 0 Å². The van der Waals surface area contributed by atoms with E-state index in [9.17, 15) is 0 Å². The molecule has 17 heavy (non-hydrogen) atoms. The van der Waals surface area contributed by atoms with E-state index in [2.05, 4.69) is 5.10 Å². The van der Waals surface area contributed by atoms with Crippen LogP contribution in [0.3, 0.4) is 0 Å². The van der Waals surface area contributed by atoms with Crippen LogP contribution in [0.2, 0.25) is 5.15 Å². The first-order chi connectivity index (χ1) is 8.18. The number of ether oxygens (including phenoxy) is 1. The maximum atomic E-state index is 6.16. The Bertz CT molecular complexity index is 479. The lowest BCUT2D eigenvalue weighted by atomic mass is 10.2. The number of hydrogen-bond donors (Lipinski definition) is 0. The average Bonchev–Trinajstić information content (AvgIpc) is 2.69. The minimum absolute atomic E-state index is 0.233. The van der Waals surface area contributed by atoms with Gasteiger partial charge in [0.05, 0.1) is 6.20 Å². The molecule has 1 aromatic heterocycles. The van der Waals surface area contributed by atoms with Gasteiger partial charge in [-0.15, -0.1) is 0 Å². The van der Waals surface area contributed by atoms with Gasteiger partial charge >= 0.3 is 0 Å². The number of aromatic nitrogens is 2. The van der Waals surface area contributed by atoms with Crippen LogP contribution in [0.5, 0.6) is 5.75 Å². The predicted molar refractivity (Wildman–Crippen MR) is 68.4 cm³/mol. The summed E-state index contributed by atoms with van der Waals surface area (Å²) in [7, 11) is 0. The third-order valence-corrected chi connectivity index (χ3v) is 2.79. The molecule has 0 atom stereocenters. The summed E-state index contributed by atoms with van der Waals surface area (Å²) >= 11 is 6.16. The molecule has 0 spiro atoms. The summed E-state index contributed by atoms with van der Waals surface area (Å²) in [4.78, 5) is 0. The van der Waals surface area contributed by atoms with Crippen molar-refractivity contribution in [2.24, 2.45) is 0 Å². The van der Waals surface area contributed by atoms with Gasteiger partial charge < -0.3 is 4.74 Å². The first-order valence-corrected chi connectivity index (χ1v) is 5.96. The molecular weight excluding hydrogens is 236 g/mol. The molecule has 0 aliphatic carbocycles. The molecule has 0 amide bonds. The quantitative estimate of drug-likeness (QED) is 0.827. The molecule has 0 bridgehead atoms. The van der Waals surface area contributed by atoms with Crippen LogP contribution in [0.25, 0.3) is 0 Å². The molecule has 4 heteroatoms. The predicted octanol–water partition coefficient (Wildman–Crippen LogP) is 3.70. The third kappa shape index (κ3) is 2.80. The standard InChI is InChI=1S/C13H15ClN2O/c1-10(2)16-13(14)12(8-15-16)17-9-11-6-4-3-5-7-11/h3-8,10H,9H2,1-2H3. The van der Waals surface area contributed by atoms with Crippen molar-refractivity contribution < 1.29 is 4.74 Å². The van der Waals surface area contributed by atoms with E-state index in [-0.39, 0.29) is 6.04 Å². The fourth-order valence-corrected chi connectivity index (χ4v) is 1.87. The van der Waals surface area contributed by atoms with Gasteiger partial charge in [0.15, 0.2) is 10.9 Å². The lowest BCUT2D eigenvalue weighted by Gasteiger charge is -2.07. The molecule has 90 valence electrons. The zero-order chi connectivity index (χ0) is 12.3. The number of halogens is 1. The van der Waals surface area contributed by atoms with Gasteiger partial charge in [0.25, 0.3) is 0 Å². The van der Waals surface area contributed by atoms with Crippen molar-refractivity contribution in [1.29, 1.82) is 0 Å². The lowest BCUT2D eigenvalue weighted by Crippen LogP contribution is -2.02. The fourth-order valence-electron chi connectivity index (χ4n) is 1.52. The van der Waals surface area contributed by atoms with E-state index in [4.69, 9.17) is 16.3 Å². The van der Waals surface area contributed by atoms with Crippen LogP contribution in [-0.4, -0.2) is 9.78 Å². The van der Waals surface area contributed by atoms with Crippen molar-refractivity contribution in [2.75, 3.05) is 0 Å². The van der Waals surface area contributed by atoms with Crippen molar-refractivity contribution in [3.63, 3.8) is 0 Å². The summed E-state index contributed by atoms with van der Waals surface area (Å²) in [6.07, 6.45) is 1.66. The normalized spacial score (nSPS) is 10.8. The zero-order valence-corrected chi connectivity index (χ0v) is 10.7. The Hall–Kier alpha value is -1.48. The van der Waals surface area contributed by atoms with Crippen LogP contribution < -0.4 is 4.74 Å². The Labute approximate surface area is 106 Å². The molecular formula is C13H15ClN2O. The molecule has 2 aromatic rings. The van der Waals surface area contributed by atoms with Gasteiger partial charge in [-0.1, -0.05) is 41.9 Å². The lowest BCUT2D eigenvalue weighted by molar-refractivity contribution is 0.305. The minimum atomic E-state index is 0.233. The molecule has 3 nitrogen and oxygen atoms in total. The second-order valence-corrected chi connectivity index (χ2v) is 4.47. The molecule has 1 aromatic carbocycles. The monoisotopic (exact) mass is 250 g/mol. The Kier molecular flexibility index (Phi) is 3.69.